The smallest absolute Gasteiger partial charge is 0.0758 e. The molecule has 1 aliphatic rings. The van der Waals surface area contributed by atoms with Gasteiger partial charge in [-0.15, -0.1) is 11.8 Å². The highest BCUT2D eigenvalue weighted by Crippen LogP contribution is 2.22. The number of likely N-dealkylation sites (tertiary alicyclic amines) is 1. The molecule has 1 unspecified atom stereocenters. The maximum absolute atomic E-state index is 9.88. The van der Waals surface area contributed by atoms with Crippen LogP contribution in [0, 0.1) is 0 Å². The van der Waals surface area contributed by atoms with Crippen LogP contribution < -0.4 is 0 Å². The van der Waals surface area contributed by atoms with Crippen LogP contribution in [0.1, 0.15) is 18.9 Å². The molecule has 0 spiro atoms. The Balaban J connectivity index is 1.94. The predicted octanol–water partition coefficient (Wildman–Crippen LogP) is 2.37. The molecule has 1 aromatic rings. The highest BCUT2D eigenvalue weighted by molar-refractivity contribution is 7.98. The van der Waals surface area contributed by atoms with Crippen molar-refractivity contribution in [2.24, 2.45) is 0 Å². The summed E-state index contributed by atoms with van der Waals surface area (Å²) in [5.74, 6) is 0. The Morgan fingerprint density at radius 3 is 2.56 bits per heavy atom. The molecule has 0 aliphatic carbocycles. The second kappa shape index (κ2) is 4.78. The van der Waals surface area contributed by atoms with Crippen LogP contribution in [-0.4, -0.2) is 35.0 Å². The molecule has 0 bridgehead atoms. The van der Waals surface area contributed by atoms with Gasteiger partial charge in [-0.25, -0.2) is 0 Å². The molecule has 3 heteroatoms. The Morgan fingerprint density at radius 1 is 1.38 bits per heavy atom. The average Bonchev–Trinajstić information content (AvgIpc) is 2.59. The SMILES string of the molecule is CSc1ccc(CN2CCC(C)(O)C2)cc1. The van der Waals surface area contributed by atoms with Crippen LogP contribution in [0.4, 0.5) is 0 Å². The molecule has 1 heterocycles. The summed E-state index contributed by atoms with van der Waals surface area (Å²) in [5.41, 5.74) is 0.842. The number of hydrogen-bond acceptors (Lipinski definition) is 3. The van der Waals surface area contributed by atoms with Crippen LogP contribution in [-0.2, 0) is 6.54 Å². The van der Waals surface area contributed by atoms with Gasteiger partial charge >= 0.3 is 0 Å². The normalized spacial score (nSPS) is 26.2. The van der Waals surface area contributed by atoms with Gasteiger partial charge in [-0.1, -0.05) is 12.1 Å². The molecule has 1 saturated heterocycles. The van der Waals surface area contributed by atoms with Gasteiger partial charge in [-0.2, -0.15) is 0 Å². The lowest BCUT2D eigenvalue weighted by Gasteiger charge is -2.18. The largest absolute Gasteiger partial charge is 0.389 e. The van der Waals surface area contributed by atoms with E-state index in [1.54, 1.807) is 11.8 Å². The van der Waals surface area contributed by atoms with E-state index in [1.165, 1.54) is 10.5 Å². The summed E-state index contributed by atoms with van der Waals surface area (Å²) in [7, 11) is 0. The molecule has 1 aliphatic heterocycles. The fourth-order valence-electron chi connectivity index (χ4n) is 2.16. The van der Waals surface area contributed by atoms with Crippen molar-refractivity contribution in [1.82, 2.24) is 4.90 Å². The Morgan fingerprint density at radius 2 is 2.06 bits per heavy atom. The molecule has 0 radical (unpaired) electrons. The van der Waals surface area contributed by atoms with Crippen molar-refractivity contribution in [2.75, 3.05) is 19.3 Å². The first kappa shape index (κ1) is 12.0. The molecular formula is C13H19NOS. The first-order chi connectivity index (χ1) is 7.59. The topological polar surface area (TPSA) is 23.5 Å². The van der Waals surface area contributed by atoms with Gasteiger partial charge in [0.15, 0.2) is 0 Å². The highest BCUT2D eigenvalue weighted by Gasteiger charge is 2.30. The van der Waals surface area contributed by atoms with Gasteiger partial charge in [0.1, 0.15) is 0 Å². The summed E-state index contributed by atoms with van der Waals surface area (Å²) in [4.78, 5) is 3.62. The average molecular weight is 237 g/mol. The van der Waals surface area contributed by atoms with Crippen LogP contribution in [0.25, 0.3) is 0 Å². The molecule has 2 rings (SSSR count). The number of rotatable bonds is 3. The van der Waals surface area contributed by atoms with Gasteiger partial charge in [-0.05, 0) is 37.3 Å². The van der Waals surface area contributed by atoms with Crippen LogP contribution in [0.5, 0.6) is 0 Å². The first-order valence-corrected chi connectivity index (χ1v) is 6.89. The van der Waals surface area contributed by atoms with Crippen molar-refractivity contribution in [3.05, 3.63) is 29.8 Å². The molecule has 2 nitrogen and oxygen atoms in total. The van der Waals surface area contributed by atoms with Gasteiger partial charge in [0, 0.05) is 24.5 Å². The third-order valence-electron chi connectivity index (χ3n) is 3.10. The van der Waals surface area contributed by atoms with E-state index in [0.717, 1.165) is 26.1 Å². The number of nitrogens with zero attached hydrogens (tertiary/aromatic N) is 1. The monoisotopic (exact) mass is 237 g/mol. The number of thioether (sulfide) groups is 1. The fourth-order valence-corrected chi connectivity index (χ4v) is 2.57. The van der Waals surface area contributed by atoms with Gasteiger partial charge in [-0.3, -0.25) is 4.90 Å². The zero-order valence-corrected chi connectivity index (χ0v) is 10.8. The van der Waals surface area contributed by atoms with Crippen LogP contribution in [0.3, 0.4) is 0 Å². The Kier molecular flexibility index (Phi) is 3.57. The van der Waals surface area contributed by atoms with Crippen molar-refractivity contribution < 1.29 is 5.11 Å². The minimum absolute atomic E-state index is 0.487. The molecule has 16 heavy (non-hydrogen) atoms. The van der Waals surface area contributed by atoms with E-state index < -0.39 is 5.60 Å². The van der Waals surface area contributed by atoms with Crippen molar-refractivity contribution in [2.45, 2.75) is 30.4 Å². The fraction of sp³-hybridized carbons (Fsp3) is 0.538. The summed E-state index contributed by atoms with van der Waals surface area (Å²) in [6, 6.07) is 8.68. The lowest BCUT2D eigenvalue weighted by atomic mass is 10.1. The molecule has 88 valence electrons. The summed E-state index contributed by atoms with van der Waals surface area (Å²) >= 11 is 1.77. The van der Waals surface area contributed by atoms with Gasteiger partial charge < -0.3 is 5.11 Å². The van der Waals surface area contributed by atoms with Crippen LogP contribution >= 0.6 is 11.8 Å². The second-order valence-corrected chi connectivity index (χ2v) is 5.69. The van der Waals surface area contributed by atoms with E-state index >= 15 is 0 Å². The number of aliphatic hydroxyl groups is 1. The van der Waals surface area contributed by atoms with E-state index in [2.05, 4.69) is 35.4 Å². The maximum Gasteiger partial charge on any atom is 0.0758 e. The molecule has 1 fully saturated rings. The first-order valence-electron chi connectivity index (χ1n) is 5.67. The van der Waals surface area contributed by atoms with Gasteiger partial charge in [0.05, 0.1) is 5.60 Å². The Hall–Kier alpha value is -0.510. The predicted molar refractivity (Wildman–Crippen MR) is 68.7 cm³/mol. The molecule has 0 saturated carbocycles. The summed E-state index contributed by atoms with van der Waals surface area (Å²) in [6.07, 6.45) is 2.97. The maximum atomic E-state index is 9.88. The van der Waals surface area contributed by atoms with E-state index in [-0.39, 0.29) is 0 Å². The number of hydrogen-bond donors (Lipinski definition) is 1. The summed E-state index contributed by atoms with van der Waals surface area (Å²) < 4.78 is 0. The van der Waals surface area contributed by atoms with E-state index in [4.69, 9.17) is 0 Å². The van der Waals surface area contributed by atoms with E-state index in [0.29, 0.717) is 0 Å². The highest BCUT2D eigenvalue weighted by atomic mass is 32.2. The number of β-amino-alcohol motifs (C(OH)–C–C–N with tert-alkyl or cyclic N) is 1. The number of benzene rings is 1. The van der Waals surface area contributed by atoms with E-state index in [9.17, 15) is 5.11 Å². The minimum atomic E-state index is -0.487. The molecule has 0 aromatic heterocycles. The van der Waals surface area contributed by atoms with Crippen LogP contribution in [0.15, 0.2) is 29.2 Å². The molecular weight excluding hydrogens is 218 g/mol. The Labute approximate surface area is 102 Å². The standard InChI is InChI=1S/C13H19NOS/c1-13(15)7-8-14(10-13)9-11-3-5-12(16-2)6-4-11/h3-6,15H,7-10H2,1-2H3. The van der Waals surface area contributed by atoms with Crippen molar-refractivity contribution >= 4 is 11.8 Å². The zero-order chi connectivity index (χ0) is 11.6. The summed E-state index contributed by atoms with van der Waals surface area (Å²) in [6.45, 7) is 4.66. The van der Waals surface area contributed by atoms with Crippen molar-refractivity contribution in [1.29, 1.82) is 0 Å². The second-order valence-electron chi connectivity index (χ2n) is 4.81. The van der Waals surface area contributed by atoms with Gasteiger partial charge in [0.25, 0.3) is 0 Å². The zero-order valence-electron chi connectivity index (χ0n) is 9.94. The molecule has 1 aromatic carbocycles. The van der Waals surface area contributed by atoms with Gasteiger partial charge in [0.2, 0.25) is 0 Å². The van der Waals surface area contributed by atoms with Crippen LogP contribution in [0.2, 0.25) is 0 Å². The van der Waals surface area contributed by atoms with Crippen molar-refractivity contribution in [3.8, 4) is 0 Å². The summed E-state index contributed by atoms with van der Waals surface area (Å²) in [5, 5.41) is 9.88. The third kappa shape index (κ3) is 3.00. The van der Waals surface area contributed by atoms with Crippen molar-refractivity contribution in [3.63, 3.8) is 0 Å². The quantitative estimate of drug-likeness (QED) is 0.816. The molecule has 1 atom stereocenters. The lowest BCUT2D eigenvalue weighted by molar-refractivity contribution is 0.0679. The van der Waals surface area contributed by atoms with E-state index in [1.807, 2.05) is 6.92 Å². The lowest BCUT2D eigenvalue weighted by Crippen LogP contribution is -2.29. The molecule has 1 N–H and O–H groups in total. The molecule has 0 amide bonds. The third-order valence-corrected chi connectivity index (χ3v) is 3.84. The minimum Gasteiger partial charge on any atom is -0.389 e. The Bertz CT molecular complexity index is 347.